The Balaban J connectivity index is 0.000000148. The summed E-state index contributed by atoms with van der Waals surface area (Å²) >= 11 is 3.03. The quantitative estimate of drug-likeness (QED) is 0.387. The number of likely N-dealkylation sites (N-methyl/N-ethyl adjacent to an activating group) is 1. The molecule has 5 rings (SSSR count). The number of aldehydes is 1. The van der Waals surface area contributed by atoms with E-state index in [0.717, 1.165) is 5.69 Å². The lowest BCUT2D eigenvalue weighted by atomic mass is 9.99. The second kappa shape index (κ2) is 8.84. The molecular formula is C21H27N3O3S. The van der Waals surface area contributed by atoms with E-state index in [1.807, 2.05) is 0 Å². The van der Waals surface area contributed by atoms with Crippen LogP contribution < -0.4 is 10.9 Å². The average molecular weight is 402 g/mol. The molecule has 0 bridgehead atoms. The van der Waals surface area contributed by atoms with Crippen LogP contribution in [0.1, 0.15) is 61.8 Å². The molecule has 2 aromatic rings. The molecule has 1 amide bonds. The van der Waals surface area contributed by atoms with Crippen LogP contribution in [0, 0.1) is 0 Å². The van der Waals surface area contributed by atoms with Crippen LogP contribution in [-0.2, 0) is 32.1 Å². The summed E-state index contributed by atoms with van der Waals surface area (Å²) in [6.07, 6.45) is 8.87. The topological polar surface area (TPSA) is 103 Å². The second-order valence-corrected chi connectivity index (χ2v) is 7.35. The van der Waals surface area contributed by atoms with Crippen molar-refractivity contribution >= 4 is 30.7 Å². The zero-order chi connectivity index (χ0) is 20.3. The minimum Gasteiger partial charge on any atom is -0.457 e. The summed E-state index contributed by atoms with van der Waals surface area (Å²) in [4.78, 5) is 23.5. The Morgan fingerprint density at radius 3 is 2.21 bits per heavy atom. The minimum atomic E-state index is -0.0712. The summed E-state index contributed by atoms with van der Waals surface area (Å²) in [5.41, 5.74) is 13.9. The fourth-order valence-electron chi connectivity index (χ4n) is 4.31. The van der Waals surface area contributed by atoms with Crippen molar-refractivity contribution in [2.24, 2.45) is 5.14 Å². The molecule has 2 aliphatic carbocycles. The number of fused-ring (bicyclic) bond motifs is 3. The monoisotopic (exact) mass is 401 g/mol. The molecule has 0 spiro atoms. The highest BCUT2D eigenvalue weighted by Gasteiger charge is 2.25. The SMILES string of the molecule is CN1CCc2oc(C=O)cc2C1=O.NS.Nc1c2c(cc3c1CCC3)CCC2. The molecule has 4 N–H and O–H groups in total. The van der Waals surface area contributed by atoms with E-state index in [-0.39, 0.29) is 11.7 Å². The number of furan rings is 1. The molecule has 3 aliphatic rings. The number of rotatable bonds is 1. The summed E-state index contributed by atoms with van der Waals surface area (Å²) < 4.78 is 5.16. The van der Waals surface area contributed by atoms with Crippen LogP contribution in [0.5, 0.6) is 0 Å². The number of nitrogen functional groups attached to an aromatic ring is 1. The smallest absolute Gasteiger partial charge is 0.257 e. The zero-order valence-corrected chi connectivity index (χ0v) is 17.1. The predicted molar refractivity (Wildman–Crippen MR) is 113 cm³/mol. The Kier molecular flexibility index (Phi) is 6.46. The van der Waals surface area contributed by atoms with Crippen LogP contribution in [0.3, 0.4) is 0 Å². The summed E-state index contributed by atoms with van der Waals surface area (Å²) in [5.74, 6) is 0.789. The van der Waals surface area contributed by atoms with E-state index in [9.17, 15) is 9.59 Å². The molecule has 0 fully saturated rings. The maximum Gasteiger partial charge on any atom is 0.257 e. The van der Waals surface area contributed by atoms with Gasteiger partial charge in [-0.2, -0.15) is 0 Å². The Morgan fingerprint density at radius 2 is 1.64 bits per heavy atom. The molecule has 150 valence electrons. The fraction of sp³-hybridized carbons (Fsp3) is 0.429. The number of nitrogens with zero attached hydrogens (tertiary/aromatic N) is 1. The molecular weight excluding hydrogens is 374 g/mol. The Hall–Kier alpha value is -2.25. The number of hydrogen-bond acceptors (Lipinski definition) is 6. The van der Waals surface area contributed by atoms with Crippen LogP contribution in [-0.4, -0.2) is 30.7 Å². The first-order valence-electron chi connectivity index (χ1n) is 9.59. The Morgan fingerprint density at radius 1 is 1.04 bits per heavy atom. The molecule has 0 unspecified atom stereocenters. The van der Waals surface area contributed by atoms with E-state index in [1.54, 1.807) is 11.9 Å². The van der Waals surface area contributed by atoms with Gasteiger partial charge in [-0.15, -0.1) is 12.8 Å². The zero-order valence-electron chi connectivity index (χ0n) is 16.2. The number of carbonyl (C=O) groups excluding carboxylic acids is 2. The number of thiol groups is 1. The molecule has 0 radical (unpaired) electrons. The standard InChI is InChI=1S/C12H15N.C9H9NO3.H3NS/c13-12-10-5-1-3-8(10)7-9-4-2-6-11(9)12;1-10-3-2-8-7(9(10)12)4-6(5-11)13-8;1-2/h7H,1-6,13H2;4-5H,2-3H2,1H3;2H,1H2. The van der Waals surface area contributed by atoms with Gasteiger partial charge >= 0.3 is 0 Å². The number of carbonyl (C=O) groups is 2. The van der Waals surface area contributed by atoms with Gasteiger partial charge in [0.15, 0.2) is 12.0 Å². The van der Waals surface area contributed by atoms with Crippen molar-refractivity contribution in [1.29, 1.82) is 0 Å². The average Bonchev–Trinajstić information content (AvgIpc) is 3.46. The number of benzene rings is 1. The molecule has 1 aliphatic heterocycles. The number of anilines is 1. The van der Waals surface area contributed by atoms with Gasteiger partial charge in [0.2, 0.25) is 0 Å². The summed E-state index contributed by atoms with van der Waals surface area (Å²) in [6, 6.07) is 3.92. The first-order valence-corrected chi connectivity index (χ1v) is 10.1. The first-order chi connectivity index (χ1) is 13.6. The van der Waals surface area contributed by atoms with E-state index in [1.165, 1.54) is 66.8 Å². The molecule has 1 aromatic heterocycles. The van der Waals surface area contributed by atoms with Crippen molar-refractivity contribution < 1.29 is 14.0 Å². The van der Waals surface area contributed by atoms with Crippen LogP contribution in [0.4, 0.5) is 5.69 Å². The molecule has 0 saturated carbocycles. The first kappa shape index (κ1) is 20.5. The highest BCUT2D eigenvalue weighted by molar-refractivity contribution is 7.77. The molecule has 2 heterocycles. The number of nitrogens with two attached hydrogens (primary N) is 2. The third kappa shape index (κ3) is 3.82. The van der Waals surface area contributed by atoms with E-state index in [2.05, 4.69) is 24.0 Å². The van der Waals surface area contributed by atoms with Crippen LogP contribution in [0.2, 0.25) is 0 Å². The van der Waals surface area contributed by atoms with Gasteiger partial charge in [0, 0.05) is 31.8 Å². The largest absolute Gasteiger partial charge is 0.457 e. The molecule has 0 atom stereocenters. The van der Waals surface area contributed by atoms with E-state index in [4.69, 9.17) is 10.2 Å². The lowest BCUT2D eigenvalue weighted by Gasteiger charge is -2.20. The maximum absolute atomic E-state index is 11.5. The van der Waals surface area contributed by atoms with Crippen LogP contribution in [0.15, 0.2) is 16.5 Å². The van der Waals surface area contributed by atoms with Gasteiger partial charge in [-0.25, -0.2) is 0 Å². The van der Waals surface area contributed by atoms with Gasteiger partial charge in [0.05, 0.1) is 5.56 Å². The van der Waals surface area contributed by atoms with Crippen molar-refractivity contribution in [3.63, 3.8) is 0 Å². The van der Waals surface area contributed by atoms with Gasteiger partial charge in [-0.3, -0.25) is 14.7 Å². The summed E-state index contributed by atoms with van der Waals surface area (Å²) in [6.45, 7) is 0.650. The number of hydrogen-bond donors (Lipinski definition) is 3. The van der Waals surface area contributed by atoms with Gasteiger partial charge < -0.3 is 15.1 Å². The van der Waals surface area contributed by atoms with E-state index < -0.39 is 0 Å². The highest BCUT2D eigenvalue weighted by Crippen LogP contribution is 2.36. The van der Waals surface area contributed by atoms with E-state index >= 15 is 0 Å². The van der Waals surface area contributed by atoms with Crippen molar-refractivity contribution in [1.82, 2.24) is 4.90 Å². The molecule has 1 aromatic carbocycles. The summed E-state index contributed by atoms with van der Waals surface area (Å²) in [7, 11) is 1.73. The highest BCUT2D eigenvalue weighted by atomic mass is 32.1. The molecule has 6 nitrogen and oxygen atoms in total. The maximum atomic E-state index is 11.5. The van der Waals surface area contributed by atoms with Crippen LogP contribution in [0.25, 0.3) is 0 Å². The van der Waals surface area contributed by atoms with Gasteiger partial charge in [-0.05, 0) is 60.8 Å². The fourth-order valence-corrected chi connectivity index (χ4v) is 4.31. The number of aryl methyl sites for hydroxylation is 2. The normalized spacial score (nSPS) is 16.2. The minimum absolute atomic E-state index is 0.0712. The lowest BCUT2D eigenvalue weighted by Crippen LogP contribution is -2.33. The number of amides is 1. The third-order valence-corrected chi connectivity index (χ3v) is 5.72. The molecule has 0 saturated heterocycles. The Bertz CT molecular complexity index is 859. The Labute approximate surface area is 170 Å². The molecule has 28 heavy (non-hydrogen) atoms. The third-order valence-electron chi connectivity index (χ3n) is 5.72. The van der Waals surface area contributed by atoms with Gasteiger partial charge in [0.1, 0.15) is 5.76 Å². The van der Waals surface area contributed by atoms with Crippen molar-refractivity contribution in [2.45, 2.75) is 44.9 Å². The predicted octanol–water partition coefficient (Wildman–Crippen LogP) is 2.76. The van der Waals surface area contributed by atoms with Gasteiger partial charge in [-0.1, -0.05) is 6.07 Å². The van der Waals surface area contributed by atoms with Gasteiger partial charge in [0.25, 0.3) is 5.91 Å². The van der Waals surface area contributed by atoms with Crippen molar-refractivity contribution in [3.8, 4) is 0 Å². The summed E-state index contributed by atoms with van der Waals surface area (Å²) in [5, 5.41) is 4.19. The lowest BCUT2D eigenvalue weighted by molar-refractivity contribution is 0.0774. The van der Waals surface area contributed by atoms with E-state index in [0.29, 0.717) is 30.6 Å². The second-order valence-electron chi connectivity index (χ2n) is 7.35. The van der Waals surface area contributed by atoms with Crippen molar-refractivity contribution in [3.05, 3.63) is 51.5 Å². The molecule has 7 heteroatoms. The van der Waals surface area contributed by atoms with Crippen LogP contribution >= 0.6 is 12.8 Å². The van der Waals surface area contributed by atoms with Crippen molar-refractivity contribution in [2.75, 3.05) is 19.3 Å².